The molecule has 2 fully saturated rings. The van der Waals surface area contributed by atoms with Gasteiger partial charge in [0.25, 0.3) is 0 Å². The molecule has 2 saturated heterocycles. The summed E-state index contributed by atoms with van der Waals surface area (Å²) in [6.45, 7) is 0. The third kappa shape index (κ3) is 3.29. The average Bonchev–Trinajstić information content (AvgIpc) is 3.12. The van der Waals surface area contributed by atoms with E-state index in [9.17, 15) is 0 Å². The zero-order valence-corrected chi connectivity index (χ0v) is 17.2. The van der Waals surface area contributed by atoms with Crippen molar-refractivity contribution in [2.24, 2.45) is 10.7 Å². The maximum Gasteiger partial charge on any atom is 0.0774 e. The Bertz CT molecular complexity index is 1050. The SMILES string of the molecule is N=Cc1c(N)ccc2nc(/C(C=NC3CC4CCC(C3)O4)=C/N)c3c(c12)CCCC3. The van der Waals surface area contributed by atoms with Crippen LogP contribution in [-0.2, 0) is 17.6 Å². The Balaban J connectivity index is 1.56. The number of nitrogens with zero attached hydrogens (tertiary/aromatic N) is 2. The smallest absolute Gasteiger partial charge is 0.0774 e. The zero-order valence-electron chi connectivity index (χ0n) is 17.2. The number of fused-ring (bicyclic) bond motifs is 5. The molecule has 6 nitrogen and oxygen atoms in total. The number of aryl methyl sites for hydroxylation is 1. The average molecular weight is 404 g/mol. The van der Waals surface area contributed by atoms with Gasteiger partial charge in [-0.25, -0.2) is 4.98 Å². The van der Waals surface area contributed by atoms with Crippen LogP contribution in [0.2, 0.25) is 0 Å². The number of nitrogens with one attached hydrogen (secondary N) is 1. The van der Waals surface area contributed by atoms with Crippen LogP contribution in [0.15, 0.2) is 23.3 Å². The first-order chi connectivity index (χ1) is 14.7. The summed E-state index contributed by atoms with van der Waals surface area (Å²) in [5.41, 5.74) is 18.8. The van der Waals surface area contributed by atoms with Gasteiger partial charge in [-0.2, -0.15) is 0 Å². The molecule has 2 aliphatic heterocycles. The molecule has 2 bridgehead atoms. The molecular weight excluding hydrogens is 374 g/mol. The molecule has 0 amide bonds. The van der Waals surface area contributed by atoms with Crippen LogP contribution in [0.4, 0.5) is 5.69 Å². The molecular formula is C24H29N5O. The summed E-state index contributed by atoms with van der Waals surface area (Å²) >= 11 is 0. The van der Waals surface area contributed by atoms with Gasteiger partial charge in [-0.15, -0.1) is 0 Å². The number of pyridine rings is 1. The Hall–Kier alpha value is -2.73. The number of aliphatic imine (C=N–C) groups is 1. The predicted octanol–water partition coefficient (Wildman–Crippen LogP) is 3.77. The second kappa shape index (κ2) is 7.84. The summed E-state index contributed by atoms with van der Waals surface area (Å²) < 4.78 is 5.95. The number of ether oxygens (including phenoxy) is 1. The van der Waals surface area contributed by atoms with Gasteiger partial charge in [-0.1, -0.05) is 0 Å². The van der Waals surface area contributed by atoms with E-state index < -0.39 is 0 Å². The van der Waals surface area contributed by atoms with Crippen LogP contribution >= 0.6 is 0 Å². The van der Waals surface area contributed by atoms with Crippen molar-refractivity contribution in [1.82, 2.24) is 4.98 Å². The largest absolute Gasteiger partial charge is 0.404 e. The highest BCUT2D eigenvalue weighted by Gasteiger charge is 2.34. The van der Waals surface area contributed by atoms with E-state index in [-0.39, 0.29) is 0 Å². The summed E-state index contributed by atoms with van der Waals surface area (Å²) in [5, 5.41) is 8.91. The van der Waals surface area contributed by atoms with Crippen LogP contribution in [0.1, 0.15) is 60.9 Å². The Morgan fingerprint density at radius 1 is 1.13 bits per heavy atom. The standard InChI is InChI=1S/C24H29N5O/c25-11-14(13-28-15-9-16-5-6-17(10-15)30-16)24-19-4-2-1-3-18(19)23-20(12-26)21(27)7-8-22(23)29-24/h7-8,11-13,15-17,26H,1-6,9-10,25,27H2/b14-11+,26-12?,28-13?. The fourth-order valence-corrected chi connectivity index (χ4v) is 5.38. The van der Waals surface area contributed by atoms with E-state index in [0.29, 0.717) is 23.9 Å². The molecule has 1 aliphatic carbocycles. The van der Waals surface area contributed by atoms with Gasteiger partial charge in [0.1, 0.15) is 0 Å². The minimum atomic E-state index is 0.298. The molecule has 6 heteroatoms. The van der Waals surface area contributed by atoms with E-state index in [4.69, 9.17) is 31.6 Å². The fourth-order valence-electron chi connectivity index (χ4n) is 5.38. The summed E-state index contributed by atoms with van der Waals surface area (Å²) in [5.74, 6) is 0. The zero-order chi connectivity index (χ0) is 20.7. The summed E-state index contributed by atoms with van der Waals surface area (Å²) in [7, 11) is 0. The van der Waals surface area contributed by atoms with Crippen molar-refractivity contribution in [3.05, 3.63) is 40.7 Å². The van der Waals surface area contributed by atoms with Crippen LogP contribution < -0.4 is 11.5 Å². The molecule has 2 unspecified atom stereocenters. The molecule has 0 radical (unpaired) electrons. The number of rotatable bonds is 4. The molecule has 2 atom stereocenters. The van der Waals surface area contributed by atoms with Crippen LogP contribution in [0, 0.1) is 5.41 Å². The number of aromatic nitrogens is 1. The number of allylic oxidation sites excluding steroid dienone is 1. The molecule has 3 aliphatic rings. The molecule has 30 heavy (non-hydrogen) atoms. The molecule has 2 aromatic rings. The van der Waals surface area contributed by atoms with Crippen molar-refractivity contribution < 1.29 is 4.74 Å². The van der Waals surface area contributed by atoms with Crippen molar-refractivity contribution in [1.29, 1.82) is 5.41 Å². The first-order valence-electron chi connectivity index (χ1n) is 11.0. The third-order valence-corrected chi connectivity index (χ3v) is 6.83. The monoisotopic (exact) mass is 403 g/mol. The Morgan fingerprint density at radius 2 is 1.87 bits per heavy atom. The lowest BCUT2D eigenvalue weighted by molar-refractivity contribution is -0.00188. The highest BCUT2D eigenvalue weighted by Crippen LogP contribution is 2.36. The minimum Gasteiger partial charge on any atom is -0.404 e. The van der Waals surface area contributed by atoms with Gasteiger partial charge in [-0.05, 0) is 74.6 Å². The van der Waals surface area contributed by atoms with Crippen molar-refractivity contribution in [2.45, 2.75) is 69.6 Å². The molecule has 0 spiro atoms. The van der Waals surface area contributed by atoms with Crippen molar-refractivity contribution in [3.8, 4) is 0 Å². The molecule has 1 aromatic heterocycles. The van der Waals surface area contributed by atoms with Gasteiger partial charge in [0, 0.05) is 40.8 Å². The number of nitrogen functional groups attached to an aromatic ring is 1. The second-order valence-electron chi connectivity index (χ2n) is 8.71. The lowest BCUT2D eigenvalue weighted by Crippen LogP contribution is -2.27. The molecule has 5 rings (SSSR count). The van der Waals surface area contributed by atoms with Gasteiger partial charge in [0.05, 0.1) is 29.5 Å². The number of anilines is 1. The number of nitrogens with two attached hydrogens (primary N) is 2. The first-order valence-corrected chi connectivity index (χ1v) is 11.0. The highest BCUT2D eigenvalue weighted by atomic mass is 16.5. The van der Waals surface area contributed by atoms with Gasteiger partial charge in [0.2, 0.25) is 0 Å². The summed E-state index contributed by atoms with van der Waals surface area (Å²) in [4.78, 5) is 9.89. The predicted molar refractivity (Wildman–Crippen MR) is 122 cm³/mol. The van der Waals surface area contributed by atoms with Crippen LogP contribution in [0.25, 0.3) is 16.5 Å². The summed E-state index contributed by atoms with van der Waals surface area (Å²) in [6, 6.07) is 4.09. The molecule has 1 aromatic carbocycles. The van der Waals surface area contributed by atoms with Gasteiger partial charge < -0.3 is 21.6 Å². The maximum atomic E-state index is 7.88. The first kappa shape index (κ1) is 19.2. The highest BCUT2D eigenvalue weighted by molar-refractivity contribution is 6.11. The van der Waals surface area contributed by atoms with Gasteiger partial charge in [0.15, 0.2) is 0 Å². The Morgan fingerprint density at radius 3 is 2.57 bits per heavy atom. The van der Waals surface area contributed by atoms with Crippen LogP contribution in [-0.4, -0.2) is 35.7 Å². The van der Waals surface area contributed by atoms with E-state index in [1.807, 2.05) is 18.3 Å². The van der Waals surface area contributed by atoms with Crippen molar-refractivity contribution in [3.63, 3.8) is 0 Å². The summed E-state index contributed by atoms with van der Waals surface area (Å²) in [6.07, 6.45) is 14.2. The molecule has 156 valence electrons. The lowest BCUT2D eigenvalue weighted by atomic mass is 9.85. The van der Waals surface area contributed by atoms with E-state index in [1.165, 1.54) is 17.3 Å². The Kier molecular flexibility index (Phi) is 5.03. The minimum absolute atomic E-state index is 0.298. The second-order valence-corrected chi connectivity index (χ2v) is 8.71. The number of hydrogen-bond acceptors (Lipinski definition) is 6. The number of hydrogen-bond donors (Lipinski definition) is 3. The third-order valence-electron chi connectivity index (χ3n) is 6.83. The van der Waals surface area contributed by atoms with Gasteiger partial charge in [-0.3, -0.25) is 4.99 Å². The normalized spacial score (nSPS) is 26.3. The van der Waals surface area contributed by atoms with E-state index in [2.05, 4.69) is 0 Å². The number of benzene rings is 1. The van der Waals surface area contributed by atoms with Crippen molar-refractivity contribution >= 4 is 34.6 Å². The molecule has 0 saturated carbocycles. The molecule has 3 heterocycles. The van der Waals surface area contributed by atoms with Crippen LogP contribution in [0.3, 0.4) is 0 Å². The van der Waals surface area contributed by atoms with Crippen molar-refractivity contribution in [2.75, 3.05) is 5.73 Å². The quantitative estimate of drug-likeness (QED) is 0.533. The van der Waals surface area contributed by atoms with E-state index >= 15 is 0 Å². The maximum absolute atomic E-state index is 7.88. The van der Waals surface area contributed by atoms with E-state index in [0.717, 1.165) is 79.1 Å². The fraction of sp³-hybridized carbons (Fsp3) is 0.458. The van der Waals surface area contributed by atoms with E-state index in [1.54, 1.807) is 6.20 Å². The topological polar surface area (TPSA) is 110 Å². The Labute approximate surface area is 176 Å². The van der Waals surface area contributed by atoms with Crippen LogP contribution in [0.5, 0.6) is 0 Å². The molecule has 5 N–H and O–H groups in total. The lowest BCUT2D eigenvalue weighted by Gasteiger charge is -2.26. The van der Waals surface area contributed by atoms with Gasteiger partial charge >= 0.3 is 0 Å².